The van der Waals surface area contributed by atoms with Crippen molar-refractivity contribution in [1.82, 2.24) is 5.32 Å². The van der Waals surface area contributed by atoms with Crippen LogP contribution in [0, 0.1) is 0 Å². The fraction of sp³-hybridized carbons (Fsp3) is 0.600. The van der Waals surface area contributed by atoms with Gasteiger partial charge in [0.15, 0.2) is 0 Å². The van der Waals surface area contributed by atoms with Crippen molar-refractivity contribution >= 4 is 46.6 Å². The molecule has 0 aromatic rings. The summed E-state index contributed by atoms with van der Waals surface area (Å²) in [6.07, 6.45) is 3.98. The van der Waals surface area contributed by atoms with E-state index in [0.29, 0.717) is 19.4 Å². The Morgan fingerprint density at radius 1 is 1.33 bits per heavy atom. The number of rotatable bonds is 8. The molecule has 5 nitrogen and oxygen atoms in total. The molecule has 104 valence electrons. The summed E-state index contributed by atoms with van der Waals surface area (Å²) < 4.78 is -2.03. The number of carboxylic acids is 1. The molecule has 0 aliphatic carbocycles. The first kappa shape index (κ1) is 17.5. The van der Waals surface area contributed by atoms with Crippen molar-refractivity contribution in [2.45, 2.75) is 29.1 Å². The van der Waals surface area contributed by atoms with Crippen LogP contribution in [0.5, 0.6) is 0 Å². The lowest BCUT2D eigenvalue weighted by Gasteiger charge is -2.12. The summed E-state index contributed by atoms with van der Waals surface area (Å²) in [5, 5.41) is 11.5. The molecule has 0 aromatic heterocycles. The summed E-state index contributed by atoms with van der Waals surface area (Å²) in [4.78, 5) is 22.1. The summed E-state index contributed by atoms with van der Waals surface area (Å²) >= 11 is 16.0. The van der Waals surface area contributed by atoms with Gasteiger partial charge in [0.1, 0.15) is 6.04 Å². The van der Waals surface area contributed by atoms with Gasteiger partial charge in [-0.1, -0.05) is 34.8 Å². The highest BCUT2D eigenvalue weighted by atomic mass is 35.6. The van der Waals surface area contributed by atoms with Gasteiger partial charge in [0, 0.05) is 12.3 Å². The van der Waals surface area contributed by atoms with Crippen LogP contribution in [0.2, 0.25) is 0 Å². The molecule has 8 heteroatoms. The maximum atomic E-state index is 11.2. The second-order valence-corrected chi connectivity index (χ2v) is 5.82. The highest BCUT2D eigenvalue weighted by Crippen LogP contribution is 2.27. The van der Waals surface area contributed by atoms with E-state index in [2.05, 4.69) is 5.32 Å². The molecule has 4 N–H and O–H groups in total. The van der Waals surface area contributed by atoms with Crippen LogP contribution in [-0.2, 0) is 9.59 Å². The van der Waals surface area contributed by atoms with Crippen LogP contribution in [0.1, 0.15) is 19.3 Å². The van der Waals surface area contributed by atoms with Crippen LogP contribution in [0.4, 0.5) is 0 Å². The number of hydrogen-bond donors (Lipinski definition) is 3. The SMILES string of the molecule is NCCCC[C@H](N/C=C\C(=O)C(Cl)(Cl)Cl)C(=O)O. The molecule has 0 heterocycles. The molecule has 0 unspecified atom stereocenters. The van der Waals surface area contributed by atoms with Crippen LogP contribution in [0.25, 0.3) is 0 Å². The molecule has 0 saturated heterocycles. The van der Waals surface area contributed by atoms with Gasteiger partial charge in [0.2, 0.25) is 5.78 Å². The molecular weight excluding hydrogens is 302 g/mol. The lowest BCUT2D eigenvalue weighted by Crippen LogP contribution is -2.33. The second-order valence-electron chi connectivity index (χ2n) is 3.54. The smallest absolute Gasteiger partial charge is 0.326 e. The van der Waals surface area contributed by atoms with Gasteiger partial charge in [-0.3, -0.25) is 4.79 Å². The highest BCUT2D eigenvalue weighted by Gasteiger charge is 2.28. The standard InChI is InChI=1S/C10H15Cl3N2O3/c11-10(12,13)8(16)4-6-15-7(9(17)18)3-1-2-5-14/h4,6-7,15H,1-3,5,14H2,(H,17,18)/b6-4-/t7-/m0/s1. The number of ketones is 1. The van der Waals surface area contributed by atoms with Gasteiger partial charge < -0.3 is 16.2 Å². The average molecular weight is 318 g/mol. The predicted octanol–water partition coefficient (Wildman–Crippen LogP) is 1.61. The number of halogens is 3. The van der Waals surface area contributed by atoms with Gasteiger partial charge in [-0.2, -0.15) is 0 Å². The Labute approximate surface area is 120 Å². The molecule has 0 aliphatic rings. The minimum absolute atomic E-state index is 0.402. The molecule has 0 fully saturated rings. The molecule has 0 saturated carbocycles. The molecule has 0 amide bonds. The summed E-state index contributed by atoms with van der Waals surface area (Å²) in [5.41, 5.74) is 5.31. The third kappa shape index (κ3) is 7.76. The third-order valence-electron chi connectivity index (χ3n) is 2.06. The van der Waals surface area contributed by atoms with Crippen LogP contribution >= 0.6 is 34.8 Å². The Balaban J connectivity index is 4.23. The normalized spacial score (nSPS) is 13.6. The first-order valence-corrected chi connectivity index (χ1v) is 6.39. The third-order valence-corrected chi connectivity index (χ3v) is 2.62. The van der Waals surface area contributed by atoms with Gasteiger partial charge in [-0.25, -0.2) is 4.79 Å². The van der Waals surface area contributed by atoms with E-state index in [1.54, 1.807) is 0 Å². The van der Waals surface area contributed by atoms with E-state index in [4.69, 9.17) is 45.6 Å². The Morgan fingerprint density at radius 2 is 1.94 bits per heavy atom. The molecule has 0 bridgehead atoms. The van der Waals surface area contributed by atoms with Gasteiger partial charge in [-0.15, -0.1) is 0 Å². The molecule has 0 radical (unpaired) electrons. The number of carbonyl (C=O) groups is 2. The minimum atomic E-state index is -2.03. The van der Waals surface area contributed by atoms with E-state index in [0.717, 1.165) is 12.5 Å². The van der Waals surface area contributed by atoms with Crippen LogP contribution in [-0.4, -0.2) is 33.2 Å². The molecule has 0 rings (SSSR count). The quantitative estimate of drug-likeness (QED) is 0.359. The zero-order valence-corrected chi connectivity index (χ0v) is 11.8. The Morgan fingerprint density at radius 3 is 2.39 bits per heavy atom. The molecule has 0 aliphatic heterocycles. The van der Waals surface area contributed by atoms with E-state index in [1.807, 2.05) is 0 Å². The predicted molar refractivity (Wildman–Crippen MR) is 71.9 cm³/mol. The fourth-order valence-electron chi connectivity index (χ4n) is 1.11. The van der Waals surface area contributed by atoms with E-state index in [9.17, 15) is 9.59 Å². The lowest BCUT2D eigenvalue weighted by atomic mass is 10.1. The Kier molecular flexibility index (Phi) is 8.35. The molecule has 18 heavy (non-hydrogen) atoms. The summed E-state index contributed by atoms with van der Waals surface area (Å²) in [5.74, 6) is -1.76. The van der Waals surface area contributed by atoms with E-state index in [-0.39, 0.29) is 0 Å². The molecule has 0 aromatic carbocycles. The summed E-state index contributed by atoms with van der Waals surface area (Å²) in [7, 11) is 0. The Bertz CT molecular complexity index is 316. The summed E-state index contributed by atoms with van der Waals surface area (Å²) in [6, 6.07) is -0.795. The molecule has 1 atom stereocenters. The van der Waals surface area contributed by atoms with Crippen molar-refractivity contribution < 1.29 is 14.7 Å². The van der Waals surface area contributed by atoms with Crippen molar-refractivity contribution in [1.29, 1.82) is 0 Å². The van der Waals surface area contributed by atoms with Crippen LogP contribution < -0.4 is 11.1 Å². The van der Waals surface area contributed by atoms with Gasteiger partial charge in [0.05, 0.1) is 0 Å². The zero-order chi connectivity index (χ0) is 14.2. The van der Waals surface area contributed by atoms with Crippen molar-refractivity contribution in [2.24, 2.45) is 5.73 Å². The second kappa shape index (κ2) is 8.58. The average Bonchev–Trinajstić information content (AvgIpc) is 2.25. The molecular formula is C10H15Cl3N2O3. The summed E-state index contributed by atoms with van der Waals surface area (Å²) in [6.45, 7) is 0.508. The zero-order valence-electron chi connectivity index (χ0n) is 9.54. The van der Waals surface area contributed by atoms with Crippen molar-refractivity contribution in [2.75, 3.05) is 6.54 Å². The van der Waals surface area contributed by atoms with Gasteiger partial charge in [0.25, 0.3) is 3.79 Å². The monoisotopic (exact) mass is 316 g/mol. The van der Waals surface area contributed by atoms with Gasteiger partial charge >= 0.3 is 5.97 Å². The fourth-order valence-corrected chi connectivity index (χ4v) is 1.29. The number of allylic oxidation sites excluding steroid dienone is 1. The number of alkyl halides is 3. The number of carboxylic acid groups (broad SMARTS) is 1. The topological polar surface area (TPSA) is 92.4 Å². The van der Waals surface area contributed by atoms with Crippen molar-refractivity contribution in [3.05, 3.63) is 12.3 Å². The number of unbranched alkanes of at least 4 members (excludes halogenated alkanes) is 1. The number of aliphatic carboxylic acids is 1. The van der Waals surface area contributed by atoms with Crippen molar-refractivity contribution in [3.63, 3.8) is 0 Å². The van der Waals surface area contributed by atoms with E-state index in [1.165, 1.54) is 6.20 Å². The van der Waals surface area contributed by atoms with Crippen LogP contribution in [0.3, 0.4) is 0 Å². The van der Waals surface area contributed by atoms with E-state index >= 15 is 0 Å². The number of nitrogens with one attached hydrogen (secondary N) is 1. The van der Waals surface area contributed by atoms with E-state index < -0.39 is 21.6 Å². The maximum absolute atomic E-state index is 11.2. The number of hydrogen-bond acceptors (Lipinski definition) is 4. The highest BCUT2D eigenvalue weighted by molar-refractivity contribution is 6.77. The first-order valence-electron chi connectivity index (χ1n) is 5.25. The van der Waals surface area contributed by atoms with Gasteiger partial charge in [-0.05, 0) is 25.8 Å². The Hall–Kier alpha value is -0.490. The first-order chi connectivity index (χ1) is 8.29. The van der Waals surface area contributed by atoms with Crippen molar-refractivity contribution in [3.8, 4) is 0 Å². The number of carbonyl (C=O) groups excluding carboxylic acids is 1. The van der Waals surface area contributed by atoms with Crippen LogP contribution in [0.15, 0.2) is 12.3 Å². The minimum Gasteiger partial charge on any atom is -0.480 e. The number of nitrogens with two attached hydrogens (primary N) is 1. The lowest BCUT2D eigenvalue weighted by molar-refractivity contribution is -0.139. The molecule has 0 spiro atoms. The maximum Gasteiger partial charge on any atom is 0.326 e. The largest absolute Gasteiger partial charge is 0.480 e.